The summed E-state index contributed by atoms with van der Waals surface area (Å²) in [7, 11) is 1.88. The van der Waals surface area contributed by atoms with Gasteiger partial charge in [-0.15, -0.1) is 0 Å². The third-order valence-electron chi connectivity index (χ3n) is 4.44. The summed E-state index contributed by atoms with van der Waals surface area (Å²) in [6, 6.07) is 0. The van der Waals surface area contributed by atoms with E-state index in [9.17, 15) is 0 Å². The zero-order valence-corrected chi connectivity index (χ0v) is 11.5. The SMILES string of the molecule is CCCNCC1CCN(CC2(OC)CCC2)C1. The molecule has 0 aromatic carbocycles. The Morgan fingerprint density at radius 1 is 1.41 bits per heavy atom. The highest BCUT2D eigenvalue weighted by molar-refractivity contribution is 4.94. The fourth-order valence-corrected chi connectivity index (χ4v) is 3.11. The average molecular weight is 240 g/mol. The molecule has 0 bridgehead atoms. The van der Waals surface area contributed by atoms with Crippen LogP contribution in [0, 0.1) is 5.92 Å². The predicted molar refractivity (Wildman–Crippen MR) is 71.3 cm³/mol. The molecular formula is C14H28N2O. The number of likely N-dealkylation sites (tertiary alicyclic amines) is 1. The summed E-state index contributed by atoms with van der Waals surface area (Å²) in [5.41, 5.74) is 0.214. The van der Waals surface area contributed by atoms with Crippen LogP contribution in [0.2, 0.25) is 0 Å². The first-order valence-electron chi connectivity index (χ1n) is 7.26. The predicted octanol–water partition coefficient (Wildman–Crippen LogP) is 1.88. The number of hydrogen-bond donors (Lipinski definition) is 1. The van der Waals surface area contributed by atoms with Crippen LogP contribution >= 0.6 is 0 Å². The molecule has 0 amide bonds. The Balaban J connectivity index is 1.67. The van der Waals surface area contributed by atoms with Crippen LogP contribution in [-0.4, -0.2) is 50.3 Å². The number of hydrogen-bond acceptors (Lipinski definition) is 3. The molecule has 1 aliphatic heterocycles. The van der Waals surface area contributed by atoms with Crippen LogP contribution in [0.5, 0.6) is 0 Å². The van der Waals surface area contributed by atoms with Gasteiger partial charge in [0.05, 0.1) is 5.60 Å². The Hall–Kier alpha value is -0.120. The Morgan fingerprint density at radius 3 is 2.82 bits per heavy atom. The fraction of sp³-hybridized carbons (Fsp3) is 1.00. The molecule has 1 saturated carbocycles. The lowest BCUT2D eigenvalue weighted by Gasteiger charge is -2.43. The third kappa shape index (κ3) is 3.43. The summed E-state index contributed by atoms with van der Waals surface area (Å²) in [4.78, 5) is 2.61. The van der Waals surface area contributed by atoms with Crippen LogP contribution in [0.3, 0.4) is 0 Å². The average Bonchev–Trinajstić information content (AvgIpc) is 2.72. The molecule has 2 fully saturated rings. The van der Waals surface area contributed by atoms with E-state index in [1.54, 1.807) is 0 Å². The second kappa shape index (κ2) is 6.17. The monoisotopic (exact) mass is 240 g/mol. The largest absolute Gasteiger partial charge is 0.377 e. The van der Waals surface area contributed by atoms with Gasteiger partial charge in [0.1, 0.15) is 0 Å². The Bertz CT molecular complexity index is 223. The van der Waals surface area contributed by atoms with E-state index in [0.717, 1.165) is 12.5 Å². The number of methoxy groups -OCH3 is 1. The minimum Gasteiger partial charge on any atom is -0.377 e. The standard InChI is InChI=1S/C14H28N2O/c1-3-8-15-10-13-5-9-16(11-13)12-14(17-2)6-4-7-14/h13,15H,3-12H2,1-2H3. The minimum absolute atomic E-state index is 0.214. The third-order valence-corrected chi connectivity index (χ3v) is 4.44. The maximum atomic E-state index is 5.71. The Kier molecular flexibility index (Phi) is 4.83. The van der Waals surface area contributed by atoms with Gasteiger partial charge in [-0.1, -0.05) is 6.92 Å². The van der Waals surface area contributed by atoms with Crippen molar-refractivity contribution in [3.05, 3.63) is 0 Å². The molecule has 1 aliphatic carbocycles. The molecule has 1 unspecified atom stereocenters. The molecule has 1 heterocycles. The molecule has 17 heavy (non-hydrogen) atoms. The Morgan fingerprint density at radius 2 is 2.24 bits per heavy atom. The highest BCUT2D eigenvalue weighted by atomic mass is 16.5. The number of nitrogens with zero attached hydrogens (tertiary/aromatic N) is 1. The lowest BCUT2D eigenvalue weighted by Crippen LogP contribution is -2.49. The molecule has 2 rings (SSSR count). The van der Waals surface area contributed by atoms with Crippen LogP contribution in [0.1, 0.15) is 39.0 Å². The fourth-order valence-electron chi connectivity index (χ4n) is 3.11. The summed E-state index contributed by atoms with van der Waals surface area (Å²) in [6.45, 7) is 8.29. The molecule has 1 saturated heterocycles. The van der Waals surface area contributed by atoms with E-state index in [-0.39, 0.29) is 5.60 Å². The van der Waals surface area contributed by atoms with Gasteiger partial charge in [0, 0.05) is 20.2 Å². The van der Waals surface area contributed by atoms with Crippen LogP contribution in [0.4, 0.5) is 0 Å². The van der Waals surface area contributed by atoms with E-state index in [1.165, 1.54) is 58.3 Å². The van der Waals surface area contributed by atoms with Gasteiger partial charge >= 0.3 is 0 Å². The molecule has 3 heteroatoms. The van der Waals surface area contributed by atoms with Crippen molar-refractivity contribution >= 4 is 0 Å². The van der Waals surface area contributed by atoms with Gasteiger partial charge in [-0.05, 0) is 57.7 Å². The van der Waals surface area contributed by atoms with Gasteiger partial charge in [-0.25, -0.2) is 0 Å². The summed E-state index contributed by atoms with van der Waals surface area (Å²) >= 11 is 0. The number of ether oxygens (including phenoxy) is 1. The van der Waals surface area contributed by atoms with Gasteiger partial charge in [-0.3, -0.25) is 0 Å². The van der Waals surface area contributed by atoms with Crippen molar-refractivity contribution in [2.24, 2.45) is 5.92 Å². The van der Waals surface area contributed by atoms with E-state index in [2.05, 4.69) is 17.1 Å². The summed E-state index contributed by atoms with van der Waals surface area (Å²) in [6.07, 6.45) is 6.47. The molecule has 1 N–H and O–H groups in total. The lowest BCUT2D eigenvalue weighted by molar-refractivity contribution is -0.0887. The van der Waals surface area contributed by atoms with E-state index in [0.29, 0.717) is 0 Å². The first kappa shape index (κ1) is 13.3. The van der Waals surface area contributed by atoms with E-state index in [4.69, 9.17) is 4.74 Å². The zero-order valence-electron chi connectivity index (χ0n) is 11.5. The van der Waals surface area contributed by atoms with Crippen LogP contribution in [-0.2, 0) is 4.74 Å². The van der Waals surface area contributed by atoms with Crippen molar-refractivity contribution in [2.45, 2.75) is 44.6 Å². The Labute approximate surface area is 106 Å². The van der Waals surface area contributed by atoms with E-state index in [1.807, 2.05) is 7.11 Å². The number of rotatable bonds is 7. The second-order valence-electron chi connectivity index (χ2n) is 5.83. The van der Waals surface area contributed by atoms with Crippen LogP contribution in [0.15, 0.2) is 0 Å². The first-order chi connectivity index (χ1) is 8.28. The van der Waals surface area contributed by atoms with Crippen molar-refractivity contribution in [3.8, 4) is 0 Å². The van der Waals surface area contributed by atoms with Crippen molar-refractivity contribution in [3.63, 3.8) is 0 Å². The molecule has 0 spiro atoms. The second-order valence-corrected chi connectivity index (χ2v) is 5.83. The molecule has 100 valence electrons. The van der Waals surface area contributed by atoms with Gasteiger partial charge in [-0.2, -0.15) is 0 Å². The summed E-state index contributed by atoms with van der Waals surface area (Å²) < 4.78 is 5.71. The summed E-state index contributed by atoms with van der Waals surface area (Å²) in [5, 5.41) is 3.54. The highest BCUT2D eigenvalue weighted by Crippen LogP contribution is 2.36. The zero-order chi connectivity index (χ0) is 12.1. The van der Waals surface area contributed by atoms with E-state index >= 15 is 0 Å². The normalized spacial score (nSPS) is 28.2. The molecule has 0 aromatic heterocycles. The topological polar surface area (TPSA) is 24.5 Å². The number of nitrogens with one attached hydrogen (secondary N) is 1. The van der Waals surface area contributed by atoms with Gasteiger partial charge in [0.2, 0.25) is 0 Å². The van der Waals surface area contributed by atoms with Gasteiger partial charge < -0.3 is 15.0 Å². The van der Waals surface area contributed by atoms with Crippen molar-refractivity contribution in [1.82, 2.24) is 10.2 Å². The van der Waals surface area contributed by atoms with Gasteiger partial charge in [0.25, 0.3) is 0 Å². The molecule has 0 aromatic rings. The van der Waals surface area contributed by atoms with Gasteiger partial charge in [0.15, 0.2) is 0 Å². The van der Waals surface area contributed by atoms with Crippen molar-refractivity contribution in [1.29, 1.82) is 0 Å². The molecular weight excluding hydrogens is 212 g/mol. The first-order valence-corrected chi connectivity index (χ1v) is 7.26. The molecule has 3 nitrogen and oxygen atoms in total. The van der Waals surface area contributed by atoms with Crippen molar-refractivity contribution < 1.29 is 4.74 Å². The molecule has 1 atom stereocenters. The quantitative estimate of drug-likeness (QED) is 0.688. The highest BCUT2D eigenvalue weighted by Gasteiger charge is 2.39. The minimum atomic E-state index is 0.214. The smallest absolute Gasteiger partial charge is 0.0805 e. The maximum Gasteiger partial charge on any atom is 0.0805 e. The van der Waals surface area contributed by atoms with Crippen LogP contribution < -0.4 is 5.32 Å². The van der Waals surface area contributed by atoms with E-state index < -0.39 is 0 Å². The lowest BCUT2D eigenvalue weighted by atomic mass is 9.79. The van der Waals surface area contributed by atoms with Crippen molar-refractivity contribution in [2.75, 3.05) is 39.8 Å². The summed E-state index contributed by atoms with van der Waals surface area (Å²) in [5.74, 6) is 0.857. The maximum absolute atomic E-state index is 5.71. The molecule has 2 aliphatic rings. The molecule has 0 radical (unpaired) electrons. The van der Waals surface area contributed by atoms with Crippen LogP contribution in [0.25, 0.3) is 0 Å².